The maximum atomic E-state index is 11.4. The molecule has 0 radical (unpaired) electrons. The standard InChI is InChI=1S/C10H12O4/c1-5-7-3-4-10(13,9(12)14-7)8(5)6(2)11/h3-5,7-8,13H,1-2H3/t5-,7+,8-,10+/m0/s1. The van der Waals surface area contributed by atoms with Crippen LogP contribution in [-0.4, -0.2) is 28.6 Å². The molecule has 1 N–H and O–H groups in total. The summed E-state index contributed by atoms with van der Waals surface area (Å²) in [5, 5.41) is 10.0. The molecule has 2 heterocycles. The van der Waals surface area contributed by atoms with Crippen LogP contribution in [0.5, 0.6) is 0 Å². The first kappa shape index (κ1) is 9.40. The van der Waals surface area contributed by atoms with E-state index in [2.05, 4.69) is 0 Å². The second-order valence-corrected chi connectivity index (χ2v) is 4.00. The average Bonchev–Trinajstić information content (AvgIpc) is 2.07. The van der Waals surface area contributed by atoms with Gasteiger partial charge in [-0.1, -0.05) is 6.92 Å². The van der Waals surface area contributed by atoms with Crippen LogP contribution >= 0.6 is 0 Å². The summed E-state index contributed by atoms with van der Waals surface area (Å²) in [6.07, 6.45) is 2.66. The minimum atomic E-state index is -1.74. The molecule has 2 bridgehead atoms. The summed E-state index contributed by atoms with van der Waals surface area (Å²) < 4.78 is 4.95. The van der Waals surface area contributed by atoms with Crippen molar-refractivity contribution in [3.63, 3.8) is 0 Å². The molecule has 76 valence electrons. The quantitative estimate of drug-likeness (QED) is 0.475. The molecule has 3 rings (SSSR count). The van der Waals surface area contributed by atoms with Gasteiger partial charge in [-0.05, 0) is 19.1 Å². The summed E-state index contributed by atoms with van der Waals surface area (Å²) >= 11 is 0. The molecular weight excluding hydrogens is 184 g/mol. The largest absolute Gasteiger partial charge is 0.455 e. The first-order valence-electron chi connectivity index (χ1n) is 4.60. The lowest BCUT2D eigenvalue weighted by molar-refractivity contribution is -0.194. The van der Waals surface area contributed by atoms with Crippen molar-refractivity contribution in [2.45, 2.75) is 25.6 Å². The molecule has 0 amide bonds. The summed E-state index contributed by atoms with van der Waals surface area (Å²) in [4.78, 5) is 22.7. The lowest BCUT2D eigenvalue weighted by Crippen LogP contribution is -2.61. The summed E-state index contributed by atoms with van der Waals surface area (Å²) in [6, 6.07) is 0. The Hall–Kier alpha value is -1.16. The van der Waals surface area contributed by atoms with Gasteiger partial charge in [-0.3, -0.25) is 4.79 Å². The van der Waals surface area contributed by atoms with Gasteiger partial charge in [0.25, 0.3) is 0 Å². The molecular formula is C10H12O4. The van der Waals surface area contributed by atoms with E-state index in [0.29, 0.717) is 0 Å². The number of ketones is 1. The van der Waals surface area contributed by atoms with E-state index in [9.17, 15) is 14.7 Å². The first-order valence-corrected chi connectivity index (χ1v) is 4.60. The molecule has 4 heteroatoms. The monoisotopic (exact) mass is 196 g/mol. The third kappa shape index (κ3) is 0.973. The van der Waals surface area contributed by atoms with Crippen LogP contribution in [0.2, 0.25) is 0 Å². The number of esters is 1. The zero-order valence-electron chi connectivity index (χ0n) is 8.06. The first-order chi connectivity index (χ1) is 6.47. The number of carbonyl (C=O) groups is 2. The lowest BCUT2D eigenvalue weighted by atomic mass is 9.68. The highest BCUT2D eigenvalue weighted by Crippen LogP contribution is 2.41. The van der Waals surface area contributed by atoms with Crippen molar-refractivity contribution in [2.75, 3.05) is 0 Å². The Labute approximate surface area is 81.6 Å². The molecule has 0 aromatic heterocycles. The van der Waals surface area contributed by atoms with Crippen LogP contribution < -0.4 is 0 Å². The lowest BCUT2D eigenvalue weighted by Gasteiger charge is -2.45. The highest BCUT2D eigenvalue weighted by molar-refractivity contribution is 5.93. The van der Waals surface area contributed by atoms with Gasteiger partial charge < -0.3 is 9.84 Å². The van der Waals surface area contributed by atoms with Crippen molar-refractivity contribution < 1.29 is 19.4 Å². The molecule has 1 fully saturated rings. The molecule has 2 aliphatic heterocycles. The zero-order valence-corrected chi connectivity index (χ0v) is 8.06. The number of rotatable bonds is 1. The van der Waals surface area contributed by atoms with E-state index in [1.165, 1.54) is 13.0 Å². The molecule has 0 aromatic carbocycles. The maximum Gasteiger partial charge on any atom is 0.343 e. The Morgan fingerprint density at radius 3 is 2.71 bits per heavy atom. The van der Waals surface area contributed by atoms with Gasteiger partial charge in [0, 0.05) is 5.92 Å². The molecule has 0 unspecified atom stereocenters. The SMILES string of the molecule is CC(=O)[C@@H]1[C@@H](C)[C@H]2C=C[C@]1(O)C(=O)O2. The van der Waals surface area contributed by atoms with Crippen molar-refractivity contribution in [3.8, 4) is 0 Å². The summed E-state index contributed by atoms with van der Waals surface area (Å²) in [5.41, 5.74) is -1.74. The molecule has 0 spiro atoms. The molecule has 14 heavy (non-hydrogen) atoms. The minimum absolute atomic E-state index is 0.153. The number of carbonyl (C=O) groups excluding carboxylic acids is 2. The second-order valence-electron chi connectivity index (χ2n) is 4.00. The fourth-order valence-electron chi connectivity index (χ4n) is 2.35. The van der Waals surface area contributed by atoms with Crippen molar-refractivity contribution in [1.29, 1.82) is 0 Å². The number of ether oxygens (including phenoxy) is 1. The van der Waals surface area contributed by atoms with E-state index >= 15 is 0 Å². The Morgan fingerprint density at radius 2 is 2.29 bits per heavy atom. The van der Waals surface area contributed by atoms with Crippen LogP contribution in [-0.2, 0) is 14.3 Å². The van der Waals surface area contributed by atoms with Gasteiger partial charge in [0.15, 0.2) is 5.60 Å². The third-order valence-corrected chi connectivity index (χ3v) is 3.07. The number of hydrogen-bond donors (Lipinski definition) is 1. The zero-order chi connectivity index (χ0) is 10.5. The third-order valence-electron chi connectivity index (χ3n) is 3.07. The van der Waals surface area contributed by atoms with E-state index in [4.69, 9.17) is 4.74 Å². The van der Waals surface area contributed by atoms with Crippen LogP contribution in [0.25, 0.3) is 0 Å². The molecule has 3 aliphatic rings. The van der Waals surface area contributed by atoms with Crippen LogP contribution in [0.1, 0.15) is 13.8 Å². The van der Waals surface area contributed by atoms with Gasteiger partial charge in [0.1, 0.15) is 11.9 Å². The Morgan fingerprint density at radius 1 is 1.64 bits per heavy atom. The fourth-order valence-corrected chi connectivity index (χ4v) is 2.35. The minimum Gasteiger partial charge on any atom is -0.455 e. The van der Waals surface area contributed by atoms with Crippen LogP contribution in [0, 0.1) is 11.8 Å². The topological polar surface area (TPSA) is 63.6 Å². The normalized spacial score (nSPS) is 45.1. The highest BCUT2D eigenvalue weighted by atomic mass is 16.6. The highest BCUT2D eigenvalue weighted by Gasteiger charge is 2.57. The van der Waals surface area contributed by atoms with Gasteiger partial charge in [-0.25, -0.2) is 4.79 Å². The number of fused-ring (bicyclic) bond motifs is 2. The van der Waals surface area contributed by atoms with E-state index in [0.717, 1.165) is 0 Å². The van der Waals surface area contributed by atoms with Gasteiger partial charge >= 0.3 is 5.97 Å². The predicted octanol–water partition coefficient (Wildman–Crippen LogP) is 0.0540. The van der Waals surface area contributed by atoms with Gasteiger partial charge in [0.2, 0.25) is 0 Å². The Bertz CT molecular complexity index is 333. The van der Waals surface area contributed by atoms with Gasteiger partial charge in [0.05, 0.1) is 5.92 Å². The second kappa shape index (κ2) is 2.67. The molecule has 1 saturated heterocycles. The fraction of sp³-hybridized carbons (Fsp3) is 0.600. The molecule has 4 nitrogen and oxygen atoms in total. The van der Waals surface area contributed by atoms with Crippen LogP contribution in [0.15, 0.2) is 12.2 Å². The number of Topliss-reactive ketones (excluding diaryl/α,β-unsaturated/α-hetero) is 1. The average molecular weight is 196 g/mol. The summed E-state index contributed by atoms with van der Waals surface area (Å²) in [5.74, 6) is -1.70. The van der Waals surface area contributed by atoms with E-state index in [1.54, 1.807) is 13.0 Å². The molecule has 4 atom stereocenters. The molecule has 0 saturated carbocycles. The van der Waals surface area contributed by atoms with Crippen molar-refractivity contribution in [3.05, 3.63) is 12.2 Å². The molecule has 0 aromatic rings. The Balaban J connectivity index is 2.49. The Kier molecular flexibility index (Phi) is 1.79. The maximum absolute atomic E-state index is 11.4. The van der Waals surface area contributed by atoms with Crippen LogP contribution in [0.3, 0.4) is 0 Å². The van der Waals surface area contributed by atoms with E-state index < -0.39 is 17.5 Å². The van der Waals surface area contributed by atoms with Crippen molar-refractivity contribution >= 4 is 11.8 Å². The van der Waals surface area contributed by atoms with E-state index in [1.807, 2.05) is 0 Å². The summed E-state index contributed by atoms with van der Waals surface area (Å²) in [7, 11) is 0. The van der Waals surface area contributed by atoms with Crippen molar-refractivity contribution in [2.24, 2.45) is 11.8 Å². The number of hydrogen-bond acceptors (Lipinski definition) is 4. The van der Waals surface area contributed by atoms with E-state index in [-0.39, 0.29) is 17.8 Å². The van der Waals surface area contributed by atoms with Crippen molar-refractivity contribution in [1.82, 2.24) is 0 Å². The van der Waals surface area contributed by atoms with Gasteiger partial charge in [-0.2, -0.15) is 0 Å². The number of aliphatic hydroxyl groups is 1. The van der Waals surface area contributed by atoms with Crippen LogP contribution in [0.4, 0.5) is 0 Å². The summed E-state index contributed by atoms with van der Waals surface area (Å²) in [6.45, 7) is 3.19. The predicted molar refractivity (Wildman–Crippen MR) is 47.3 cm³/mol. The molecule has 1 aliphatic carbocycles. The van der Waals surface area contributed by atoms with Gasteiger partial charge in [-0.15, -0.1) is 0 Å². The smallest absolute Gasteiger partial charge is 0.343 e.